The van der Waals surface area contributed by atoms with Crippen molar-refractivity contribution in [3.8, 4) is 5.69 Å². The molecule has 2 aromatic heterocycles. The zero-order valence-corrected chi connectivity index (χ0v) is 19.0. The van der Waals surface area contributed by atoms with Gasteiger partial charge in [0, 0.05) is 18.1 Å². The van der Waals surface area contributed by atoms with Crippen LogP contribution in [-0.4, -0.2) is 51.0 Å². The van der Waals surface area contributed by atoms with Crippen molar-refractivity contribution in [3.05, 3.63) is 69.2 Å². The molecule has 3 heterocycles. The smallest absolute Gasteiger partial charge is 0.258 e. The Morgan fingerprint density at radius 1 is 1.16 bits per heavy atom. The molecule has 0 unspecified atom stereocenters. The van der Waals surface area contributed by atoms with Gasteiger partial charge in [0.1, 0.15) is 5.82 Å². The fourth-order valence-corrected chi connectivity index (χ4v) is 4.69. The number of nitrogens with zero attached hydrogens (tertiary/aromatic N) is 5. The van der Waals surface area contributed by atoms with E-state index < -0.39 is 0 Å². The van der Waals surface area contributed by atoms with Crippen LogP contribution in [0, 0.1) is 6.92 Å². The van der Waals surface area contributed by atoms with Crippen LogP contribution in [0.2, 0.25) is 5.02 Å². The molecule has 0 aliphatic carbocycles. The van der Waals surface area contributed by atoms with Crippen molar-refractivity contribution in [2.24, 2.45) is 0 Å². The summed E-state index contributed by atoms with van der Waals surface area (Å²) in [5, 5.41) is 10.7. The topological polar surface area (TPSA) is 88.9 Å². The Morgan fingerprint density at radius 2 is 1.97 bits per heavy atom. The number of aromatic amines is 1. The third-order valence-electron chi connectivity index (χ3n) is 5.32. The first-order valence-electron chi connectivity index (χ1n) is 10.3. The van der Waals surface area contributed by atoms with Crippen LogP contribution in [0.4, 0.5) is 5.95 Å². The highest BCUT2D eigenvalue weighted by atomic mass is 35.5. The molecule has 0 atom stereocenters. The number of aromatic nitrogens is 5. The van der Waals surface area contributed by atoms with Crippen molar-refractivity contribution < 1.29 is 4.74 Å². The largest absolute Gasteiger partial charge is 0.378 e. The van der Waals surface area contributed by atoms with E-state index in [0.717, 1.165) is 35.4 Å². The molecule has 1 aliphatic heterocycles. The second-order valence-electron chi connectivity index (χ2n) is 7.47. The molecule has 164 valence electrons. The van der Waals surface area contributed by atoms with Crippen molar-refractivity contribution >= 4 is 40.2 Å². The van der Waals surface area contributed by atoms with E-state index in [0.29, 0.717) is 40.7 Å². The first-order valence-corrected chi connectivity index (χ1v) is 11.6. The molecule has 1 N–H and O–H groups in total. The molecule has 0 spiro atoms. The summed E-state index contributed by atoms with van der Waals surface area (Å²) in [7, 11) is 0. The molecule has 0 bridgehead atoms. The number of benzene rings is 2. The van der Waals surface area contributed by atoms with Crippen molar-refractivity contribution in [2.75, 3.05) is 31.2 Å². The first-order chi connectivity index (χ1) is 15.6. The lowest BCUT2D eigenvalue weighted by Gasteiger charge is -2.28. The van der Waals surface area contributed by atoms with Gasteiger partial charge in [-0.05, 0) is 36.8 Å². The number of rotatable bonds is 5. The second-order valence-corrected chi connectivity index (χ2v) is 8.85. The Balaban J connectivity index is 1.49. The van der Waals surface area contributed by atoms with Crippen LogP contribution in [0.1, 0.15) is 11.4 Å². The maximum atomic E-state index is 12.5. The zero-order chi connectivity index (χ0) is 22.1. The van der Waals surface area contributed by atoms with Gasteiger partial charge in [0.05, 0.1) is 35.6 Å². The van der Waals surface area contributed by atoms with Gasteiger partial charge in [-0.1, -0.05) is 41.6 Å². The van der Waals surface area contributed by atoms with Crippen molar-refractivity contribution in [1.29, 1.82) is 0 Å². The molecule has 5 rings (SSSR count). The van der Waals surface area contributed by atoms with Crippen LogP contribution in [0.3, 0.4) is 0 Å². The Labute approximate surface area is 193 Å². The van der Waals surface area contributed by atoms with Crippen LogP contribution in [-0.2, 0) is 10.5 Å². The molecule has 0 amide bonds. The standard InChI is InChI=1S/C22H21ClN6O2S/c1-14-4-2-3-5-18(14)29-21(28-8-10-31-11-9-28)26-27-22(29)32-13-19-24-17-7-6-15(23)12-16(17)20(30)25-19/h2-7,12H,8-11,13H2,1H3,(H,24,25,30). The van der Waals surface area contributed by atoms with Gasteiger partial charge in [0.15, 0.2) is 5.16 Å². The van der Waals surface area contributed by atoms with Gasteiger partial charge in [-0.2, -0.15) is 0 Å². The van der Waals surface area contributed by atoms with Crippen molar-refractivity contribution in [1.82, 2.24) is 24.7 Å². The fourth-order valence-electron chi connectivity index (χ4n) is 3.71. The summed E-state index contributed by atoms with van der Waals surface area (Å²) < 4.78 is 7.58. The average molecular weight is 469 g/mol. The van der Waals surface area contributed by atoms with Crippen LogP contribution in [0.25, 0.3) is 16.6 Å². The Morgan fingerprint density at radius 3 is 2.78 bits per heavy atom. The maximum Gasteiger partial charge on any atom is 0.258 e. The molecule has 0 saturated carbocycles. The van der Waals surface area contributed by atoms with Crippen molar-refractivity contribution in [2.45, 2.75) is 17.8 Å². The monoisotopic (exact) mass is 468 g/mol. The molecule has 0 radical (unpaired) electrons. The summed E-state index contributed by atoms with van der Waals surface area (Å²) in [6, 6.07) is 13.3. The van der Waals surface area contributed by atoms with Gasteiger partial charge in [0.25, 0.3) is 5.56 Å². The lowest BCUT2D eigenvalue weighted by atomic mass is 10.2. The predicted molar refractivity (Wildman–Crippen MR) is 126 cm³/mol. The van der Waals surface area contributed by atoms with Gasteiger partial charge < -0.3 is 14.6 Å². The Bertz CT molecular complexity index is 1330. The van der Waals surface area contributed by atoms with E-state index in [4.69, 9.17) is 16.3 Å². The van der Waals surface area contributed by atoms with Crippen LogP contribution in [0.15, 0.2) is 52.4 Å². The predicted octanol–water partition coefficient (Wildman–Crippen LogP) is 3.59. The molecular weight excluding hydrogens is 448 g/mol. The van der Waals surface area contributed by atoms with Crippen molar-refractivity contribution in [3.63, 3.8) is 0 Å². The van der Waals surface area contributed by atoms with E-state index in [9.17, 15) is 4.79 Å². The molecular formula is C22H21ClN6O2S. The number of hydrogen-bond donors (Lipinski definition) is 1. The number of anilines is 1. The molecule has 8 nitrogen and oxygen atoms in total. The van der Waals surface area contributed by atoms with E-state index in [-0.39, 0.29) is 5.56 Å². The number of morpholine rings is 1. The minimum Gasteiger partial charge on any atom is -0.378 e. The summed E-state index contributed by atoms with van der Waals surface area (Å²) >= 11 is 7.49. The summed E-state index contributed by atoms with van der Waals surface area (Å²) in [4.78, 5) is 22.1. The number of aryl methyl sites for hydroxylation is 1. The fraction of sp³-hybridized carbons (Fsp3) is 0.273. The lowest BCUT2D eigenvalue weighted by molar-refractivity contribution is 0.122. The van der Waals surface area contributed by atoms with Gasteiger partial charge in [0.2, 0.25) is 5.95 Å². The number of H-pyrrole nitrogens is 1. The van der Waals surface area contributed by atoms with Gasteiger partial charge >= 0.3 is 0 Å². The highest BCUT2D eigenvalue weighted by Gasteiger charge is 2.22. The number of para-hydroxylation sites is 1. The normalized spacial score (nSPS) is 14.2. The van der Waals surface area contributed by atoms with Crippen LogP contribution in [0.5, 0.6) is 0 Å². The minimum atomic E-state index is -0.206. The number of hydrogen-bond acceptors (Lipinski definition) is 7. The van der Waals surface area contributed by atoms with E-state index in [1.54, 1.807) is 18.2 Å². The summed E-state index contributed by atoms with van der Waals surface area (Å²) in [5.41, 5.74) is 2.56. The average Bonchev–Trinajstić information content (AvgIpc) is 3.23. The van der Waals surface area contributed by atoms with E-state index in [1.165, 1.54) is 11.8 Å². The number of thioether (sulfide) groups is 1. The summed E-state index contributed by atoms with van der Waals surface area (Å²) in [5.74, 6) is 1.81. The first kappa shape index (κ1) is 21.0. The Hall–Kier alpha value is -2.88. The highest BCUT2D eigenvalue weighted by Crippen LogP contribution is 2.30. The minimum absolute atomic E-state index is 0.206. The van der Waals surface area contributed by atoms with E-state index in [1.807, 2.05) is 12.1 Å². The molecule has 10 heteroatoms. The molecule has 2 aromatic carbocycles. The highest BCUT2D eigenvalue weighted by molar-refractivity contribution is 7.98. The second kappa shape index (κ2) is 8.93. The number of ether oxygens (including phenoxy) is 1. The summed E-state index contributed by atoms with van der Waals surface area (Å²) in [6.07, 6.45) is 0. The molecule has 32 heavy (non-hydrogen) atoms. The van der Waals surface area contributed by atoms with Gasteiger partial charge in [-0.15, -0.1) is 10.2 Å². The van der Waals surface area contributed by atoms with Crippen LogP contribution < -0.4 is 10.5 Å². The van der Waals surface area contributed by atoms with E-state index in [2.05, 4.69) is 48.7 Å². The number of halogens is 1. The lowest BCUT2D eigenvalue weighted by Crippen LogP contribution is -2.38. The molecule has 1 saturated heterocycles. The quantitative estimate of drug-likeness (QED) is 0.447. The van der Waals surface area contributed by atoms with E-state index >= 15 is 0 Å². The summed E-state index contributed by atoms with van der Waals surface area (Å²) in [6.45, 7) is 4.92. The Kier molecular flexibility index (Phi) is 5.86. The number of fused-ring (bicyclic) bond motifs is 1. The van der Waals surface area contributed by atoms with Gasteiger partial charge in [-0.25, -0.2) is 4.98 Å². The zero-order valence-electron chi connectivity index (χ0n) is 17.4. The molecule has 1 fully saturated rings. The SMILES string of the molecule is Cc1ccccc1-n1c(SCc2nc3ccc(Cl)cc3c(=O)[nH]2)nnc1N1CCOCC1. The van der Waals surface area contributed by atoms with Crippen LogP contribution >= 0.6 is 23.4 Å². The molecule has 1 aliphatic rings. The molecule has 4 aromatic rings. The maximum absolute atomic E-state index is 12.5. The van der Waals surface area contributed by atoms with Gasteiger partial charge in [-0.3, -0.25) is 9.36 Å². The third kappa shape index (κ3) is 4.11. The number of nitrogens with one attached hydrogen (secondary N) is 1. The third-order valence-corrected chi connectivity index (χ3v) is 6.50.